The fraction of sp³-hybridized carbons (Fsp3) is 0.952. The van der Waals surface area contributed by atoms with Crippen molar-refractivity contribution < 1.29 is 30.7 Å². The van der Waals surface area contributed by atoms with Gasteiger partial charge in [0.25, 0.3) is 20.2 Å². The third kappa shape index (κ3) is 17.5. The summed E-state index contributed by atoms with van der Waals surface area (Å²) < 4.78 is 62.9. The molecule has 0 aromatic carbocycles. The fourth-order valence-corrected chi connectivity index (χ4v) is 4.94. The van der Waals surface area contributed by atoms with Gasteiger partial charge in [-0.1, -0.05) is 96.8 Å². The van der Waals surface area contributed by atoms with Crippen molar-refractivity contribution in [3.8, 4) is 0 Å². The van der Waals surface area contributed by atoms with Gasteiger partial charge in [0.15, 0.2) is 5.25 Å². The number of hydrogen-bond acceptors (Lipinski definition) is 5. The number of carbonyl (C=O) groups excluding carboxylic acids is 1. The Balaban J connectivity index is 3.97. The molecule has 8 nitrogen and oxygen atoms in total. The van der Waals surface area contributed by atoms with Crippen LogP contribution in [0.3, 0.4) is 0 Å². The number of rotatable bonds is 20. The van der Waals surface area contributed by atoms with E-state index in [0.717, 1.165) is 30.6 Å². The van der Waals surface area contributed by atoms with Crippen molar-refractivity contribution >= 4 is 26.1 Å². The van der Waals surface area contributed by atoms with Gasteiger partial charge >= 0.3 is 0 Å². The van der Waals surface area contributed by atoms with Crippen molar-refractivity contribution in [3.05, 3.63) is 0 Å². The molecule has 0 rings (SSSR count). The summed E-state index contributed by atoms with van der Waals surface area (Å²) in [5.41, 5.74) is 0. The van der Waals surface area contributed by atoms with Crippen LogP contribution in [0, 0.1) is 0 Å². The molecule has 0 aromatic rings. The molecule has 0 bridgehead atoms. The van der Waals surface area contributed by atoms with E-state index in [0.29, 0.717) is 6.42 Å². The third-order valence-electron chi connectivity index (χ3n) is 5.52. The van der Waals surface area contributed by atoms with Crippen molar-refractivity contribution in [1.82, 2.24) is 4.90 Å². The molecule has 31 heavy (non-hydrogen) atoms. The molecule has 0 saturated carbocycles. The zero-order valence-corrected chi connectivity index (χ0v) is 20.9. The molecule has 0 saturated heterocycles. The van der Waals surface area contributed by atoms with Crippen LogP contribution in [0.5, 0.6) is 0 Å². The van der Waals surface area contributed by atoms with E-state index in [1.807, 2.05) is 0 Å². The largest absolute Gasteiger partial charge is 0.343 e. The van der Waals surface area contributed by atoms with E-state index in [1.165, 1.54) is 64.8 Å². The normalized spacial score (nSPS) is 13.3. The Hall–Kier alpha value is -0.710. The van der Waals surface area contributed by atoms with Crippen LogP contribution in [0.15, 0.2) is 0 Å². The first-order chi connectivity index (χ1) is 14.5. The second-order valence-corrected chi connectivity index (χ2v) is 11.6. The van der Waals surface area contributed by atoms with Crippen molar-refractivity contribution in [3.63, 3.8) is 0 Å². The maximum Gasteiger partial charge on any atom is 0.276 e. The van der Waals surface area contributed by atoms with Crippen LogP contribution in [-0.2, 0) is 25.0 Å². The Kier molecular flexibility index (Phi) is 16.5. The highest BCUT2D eigenvalue weighted by Crippen LogP contribution is 2.16. The fourth-order valence-electron chi connectivity index (χ4n) is 3.53. The van der Waals surface area contributed by atoms with Crippen LogP contribution >= 0.6 is 0 Å². The average Bonchev–Trinajstić information content (AvgIpc) is 2.67. The molecular formula is C21H43NO7S2. The molecule has 2 N–H and O–H groups in total. The van der Waals surface area contributed by atoms with Crippen LogP contribution in [0.4, 0.5) is 0 Å². The number of carbonyl (C=O) groups is 1. The average molecular weight is 486 g/mol. The lowest BCUT2D eigenvalue weighted by atomic mass is 10.0. The Labute approximate surface area is 189 Å². The molecule has 10 heteroatoms. The lowest BCUT2D eigenvalue weighted by Crippen LogP contribution is -2.42. The van der Waals surface area contributed by atoms with Gasteiger partial charge in [0.05, 0.1) is 5.75 Å². The van der Waals surface area contributed by atoms with Crippen LogP contribution in [0.2, 0.25) is 0 Å². The minimum Gasteiger partial charge on any atom is -0.343 e. The van der Waals surface area contributed by atoms with Crippen LogP contribution in [0.25, 0.3) is 0 Å². The van der Waals surface area contributed by atoms with Gasteiger partial charge in [-0.15, -0.1) is 0 Å². The number of hydrogen-bond donors (Lipinski definition) is 2. The van der Waals surface area contributed by atoms with E-state index in [1.54, 1.807) is 0 Å². The molecule has 0 aliphatic rings. The summed E-state index contributed by atoms with van der Waals surface area (Å²) in [7, 11) is -7.60. The highest BCUT2D eigenvalue weighted by atomic mass is 32.2. The third-order valence-corrected chi connectivity index (χ3v) is 7.37. The first-order valence-corrected chi connectivity index (χ1v) is 14.8. The smallest absolute Gasteiger partial charge is 0.276 e. The van der Waals surface area contributed by atoms with Gasteiger partial charge in [0, 0.05) is 13.6 Å². The van der Waals surface area contributed by atoms with E-state index < -0.39 is 37.1 Å². The summed E-state index contributed by atoms with van der Waals surface area (Å²) in [6.07, 6.45) is 16.1. The number of amides is 1. The van der Waals surface area contributed by atoms with Crippen molar-refractivity contribution in [1.29, 1.82) is 0 Å². The lowest BCUT2D eigenvalue weighted by molar-refractivity contribution is -0.129. The van der Waals surface area contributed by atoms with E-state index in [4.69, 9.17) is 4.55 Å². The van der Waals surface area contributed by atoms with Crippen LogP contribution < -0.4 is 0 Å². The summed E-state index contributed by atoms with van der Waals surface area (Å²) >= 11 is 0. The first-order valence-electron chi connectivity index (χ1n) is 11.7. The van der Waals surface area contributed by atoms with Gasteiger partial charge < -0.3 is 4.90 Å². The van der Waals surface area contributed by atoms with E-state index in [-0.39, 0.29) is 13.0 Å². The van der Waals surface area contributed by atoms with Crippen molar-refractivity contribution in [2.75, 3.05) is 19.3 Å². The monoisotopic (exact) mass is 485 g/mol. The molecule has 0 heterocycles. The van der Waals surface area contributed by atoms with Crippen molar-refractivity contribution in [2.45, 2.75) is 108 Å². The summed E-state index contributed by atoms with van der Waals surface area (Å²) in [6.45, 7) is 1.88. The SMILES string of the molecule is CCCCCCCCCCCCCCCCC(C(=O)N(C)CCS(=O)(=O)O)S(=O)(=O)O. The van der Waals surface area contributed by atoms with E-state index in [2.05, 4.69) is 6.92 Å². The van der Waals surface area contributed by atoms with Crippen LogP contribution in [-0.4, -0.2) is 61.3 Å². The standard InChI is InChI=1S/C21H43NO7S2/c1-3-4-5-6-7-8-9-10-11-12-13-14-15-16-17-20(31(27,28)29)21(23)22(2)18-19-30(24,25)26/h20H,3-19H2,1-2H3,(H,24,25,26)(H,27,28,29). The molecule has 186 valence electrons. The first kappa shape index (κ1) is 30.3. The number of unbranched alkanes of at least 4 members (excludes halogenated alkanes) is 13. The summed E-state index contributed by atoms with van der Waals surface area (Å²) in [5, 5.41) is -1.60. The minimum absolute atomic E-state index is 0.00802. The zero-order chi connectivity index (χ0) is 23.8. The molecule has 1 unspecified atom stereocenters. The summed E-state index contributed by atoms with van der Waals surface area (Å²) in [6, 6.07) is 0. The lowest BCUT2D eigenvalue weighted by Gasteiger charge is -2.21. The van der Waals surface area contributed by atoms with Gasteiger partial charge in [-0.3, -0.25) is 13.9 Å². The molecule has 0 spiro atoms. The van der Waals surface area contributed by atoms with Gasteiger partial charge in [-0.05, 0) is 6.42 Å². The van der Waals surface area contributed by atoms with Gasteiger partial charge in [0.2, 0.25) is 5.91 Å². The Morgan fingerprint density at radius 1 is 0.742 bits per heavy atom. The molecule has 0 aliphatic carbocycles. The second-order valence-electron chi connectivity index (χ2n) is 8.43. The highest BCUT2D eigenvalue weighted by molar-refractivity contribution is 7.87. The quantitative estimate of drug-likeness (QED) is 0.192. The molecular weight excluding hydrogens is 442 g/mol. The van der Waals surface area contributed by atoms with Gasteiger partial charge in [0.1, 0.15) is 0 Å². The topological polar surface area (TPSA) is 129 Å². The Morgan fingerprint density at radius 3 is 1.48 bits per heavy atom. The number of nitrogens with zero attached hydrogens (tertiary/aromatic N) is 1. The minimum atomic E-state index is -4.58. The highest BCUT2D eigenvalue weighted by Gasteiger charge is 2.33. The van der Waals surface area contributed by atoms with E-state index >= 15 is 0 Å². The maximum absolute atomic E-state index is 12.3. The maximum atomic E-state index is 12.3. The zero-order valence-electron chi connectivity index (χ0n) is 19.3. The van der Waals surface area contributed by atoms with Gasteiger partial charge in [-0.2, -0.15) is 16.8 Å². The summed E-state index contributed by atoms with van der Waals surface area (Å²) in [5.74, 6) is -1.55. The molecule has 0 radical (unpaired) electrons. The van der Waals surface area contributed by atoms with Crippen LogP contribution in [0.1, 0.15) is 103 Å². The Morgan fingerprint density at radius 2 is 1.13 bits per heavy atom. The molecule has 0 aliphatic heterocycles. The Bertz CT molecular complexity index is 678. The molecule has 0 fully saturated rings. The molecule has 0 aromatic heterocycles. The van der Waals surface area contributed by atoms with E-state index in [9.17, 15) is 26.2 Å². The predicted molar refractivity (Wildman–Crippen MR) is 124 cm³/mol. The van der Waals surface area contributed by atoms with Gasteiger partial charge in [-0.25, -0.2) is 0 Å². The molecule has 1 amide bonds. The predicted octanol–water partition coefficient (Wildman–Crippen LogP) is 4.46. The second kappa shape index (κ2) is 16.9. The van der Waals surface area contributed by atoms with Crippen molar-refractivity contribution in [2.24, 2.45) is 0 Å². The molecule has 1 atom stereocenters. The summed E-state index contributed by atoms with van der Waals surface area (Å²) in [4.78, 5) is 13.2.